The van der Waals surface area contributed by atoms with E-state index in [2.05, 4.69) is 26.0 Å². The van der Waals surface area contributed by atoms with Gasteiger partial charge in [-0.15, -0.1) is 17.9 Å². The molecule has 0 aliphatic carbocycles. The van der Waals surface area contributed by atoms with E-state index < -0.39 is 0 Å². The third-order valence-electron chi connectivity index (χ3n) is 3.83. The third kappa shape index (κ3) is 5.90. The van der Waals surface area contributed by atoms with Crippen LogP contribution in [0.1, 0.15) is 31.2 Å². The number of benzene rings is 1. The first-order valence-electron chi connectivity index (χ1n) is 8.73. The second kappa shape index (κ2) is 11.0. The molecule has 0 fully saturated rings. The van der Waals surface area contributed by atoms with E-state index in [1.807, 2.05) is 24.3 Å². The van der Waals surface area contributed by atoms with Crippen molar-refractivity contribution in [3.05, 3.63) is 67.7 Å². The molecular weight excluding hydrogens is 371 g/mol. The Hall–Kier alpha value is -1.18. The summed E-state index contributed by atoms with van der Waals surface area (Å²) in [6.45, 7) is 6.33. The minimum atomic E-state index is -0.232. The van der Waals surface area contributed by atoms with E-state index >= 15 is 0 Å². The van der Waals surface area contributed by atoms with Crippen LogP contribution in [0.15, 0.2) is 46.0 Å². The Morgan fingerprint density at radius 2 is 1.74 bits per heavy atom. The molecule has 3 rings (SSSR count). The van der Waals surface area contributed by atoms with Gasteiger partial charge < -0.3 is 5.11 Å². The van der Waals surface area contributed by atoms with Crippen LogP contribution in [0.2, 0.25) is 0 Å². The monoisotopic (exact) mass is 396 g/mol. The number of nitrogens with zero attached hydrogens (tertiary/aromatic N) is 2. The number of fused-ring (bicyclic) bond motifs is 1. The summed E-state index contributed by atoms with van der Waals surface area (Å²) in [4.78, 5) is 26.7. The Labute approximate surface area is 185 Å². The summed E-state index contributed by atoms with van der Waals surface area (Å²) in [6.07, 6.45) is 0.777. The SMILES string of the molecule is CC(C)Cn1c(=O)n(C)c(=O)c2cc(Cc3ccccc3)sc21.CC[O-].[Na+]. The van der Waals surface area contributed by atoms with E-state index in [1.54, 1.807) is 29.9 Å². The molecule has 0 saturated carbocycles. The Morgan fingerprint density at radius 1 is 1.15 bits per heavy atom. The van der Waals surface area contributed by atoms with Gasteiger partial charge in [0.1, 0.15) is 4.83 Å². The Bertz CT molecular complexity index is 975. The molecule has 7 heteroatoms. The van der Waals surface area contributed by atoms with Gasteiger partial charge in [-0.25, -0.2) is 4.79 Å². The van der Waals surface area contributed by atoms with E-state index in [0.717, 1.165) is 16.1 Å². The number of hydrogen-bond donors (Lipinski definition) is 0. The van der Waals surface area contributed by atoms with Crippen molar-refractivity contribution in [3.8, 4) is 0 Å². The summed E-state index contributed by atoms with van der Waals surface area (Å²) in [6, 6.07) is 12.1. The van der Waals surface area contributed by atoms with Crippen LogP contribution in [0, 0.1) is 5.92 Å². The Kier molecular flexibility index (Phi) is 9.70. The van der Waals surface area contributed by atoms with Crippen LogP contribution in [-0.2, 0) is 20.0 Å². The van der Waals surface area contributed by atoms with Crippen LogP contribution in [0.3, 0.4) is 0 Å². The van der Waals surface area contributed by atoms with Crippen molar-refractivity contribution in [1.29, 1.82) is 0 Å². The second-order valence-corrected chi connectivity index (χ2v) is 7.65. The van der Waals surface area contributed by atoms with Gasteiger partial charge in [0.05, 0.1) is 5.39 Å². The van der Waals surface area contributed by atoms with Crippen molar-refractivity contribution in [2.45, 2.75) is 33.7 Å². The molecule has 0 atom stereocenters. The van der Waals surface area contributed by atoms with Crippen molar-refractivity contribution in [2.24, 2.45) is 13.0 Å². The van der Waals surface area contributed by atoms with Gasteiger partial charge in [-0.1, -0.05) is 51.1 Å². The molecular formula is C20H25N2NaO3S. The average molecular weight is 396 g/mol. The first-order chi connectivity index (χ1) is 12.4. The van der Waals surface area contributed by atoms with E-state index in [4.69, 9.17) is 5.11 Å². The molecule has 0 unspecified atom stereocenters. The molecule has 0 spiro atoms. The number of hydrogen-bond acceptors (Lipinski definition) is 4. The van der Waals surface area contributed by atoms with Gasteiger partial charge in [-0.3, -0.25) is 13.9 Å². The smallest absolute Gasteiger partial charge is 0.855 e. The fraction of sp³-hybridized carbons (Fsp3) is 0.400. The molecule has 0 amide bonds. The van der Waals surface area contributed by atoms with Gasteiger partial charge in [0.2, 0.25) is 0 Å². The molecule has 3 aromatic rings. The van der Waals surface area contributed by atoms with Gasteiger partial charge in [0.25, 0.3) is 5.56 Å². The van der Waals surface area contributed by atoms with Crippen molar-refractivity contribution in [3.63, 3.8) is 0 Å². The number of thiophene rings is 1. The first-order valence-corrected chi connectivity index (χ1v) is 9.54. The van der Waals surface area contributed by atoms with Crippen molar-refractivity contribution < 1.29 is 34.7 Å². The molecule has 0 saturated heterocycles. The Balaban J connectivity index is 0.000000855. The summed E-state index contributed by atoms with van der Waals surface area (Å²) < 4.78 is 2.95. The predicted molar refractivity (Wildman–Crippen MR) is 106 cm³/mol. The normalized spacial score (nSPS) is 10.4. The quantitative estimate of drug-likeness (QED) is 0.552. The standard InChI is InChI=1S/C18H20N2O2S.C2H5O.Na/c1-12(2)11-20-17-15(16(21)19(3)18(20)22)10-14(23-17)9-13-7-5-4-6-8-13;1-2-3;/h4-8,10,12H,9,11H2,1-3H3;2H2,1H3;/q;-1;+1. The molecule has 140 valence electrons. The summed E-state index contributed by atoms with van der Waals surface area (Å²) >= 11 is 1.55. The van der Waals surface area contributed by atoms with E-state index in [9.17, 15) is 9.59 Å². The summed E-state index contributed by atoms with van der Waals surface area (Å²) in [5, 5.41) is 9.57. The predicted octanol–water partition coefficient (Wildman–Crippen LogP) is -0.621. The van der Waals surface area contributed by atoms with Gasteiger partial charge in [-0.2, -0.15) is 0 Å². The molecule has 0 N–H and O–H groups in total. The van der Waals surface area contributed by atoms with Crippen molar-refractivity contribution in [2.75, 3.05) is 6.61 Å². The maximum absolute atomic E-state index is 12.4. The fourth-order valence-electron chi connectivity index (χ4n) is 2.73. The maximum Gasteiger partial charge on any atom is 1.00 e. The van der Waals surface area contributed by atoms with Crippen molar-refractivity contribution in [1.82, 2.24) is 9.13 Å². The molecule has 0 bridgehead atoms. The third-order valence-corrected chi connectivity index (χ3v) is 4.99. The van der Waals surface area contributed by atoms with E-state index in [0.29, 0.717) is 17.8 Å². The molecule has 2 heterocycles. The largest absolute Gasteiger partial charge is 1.00 e. The minimum Gasteiger partial charge on any atom is -0.855 e. The van der Waals surface area contributed by atoms with Crippen LogP contribution in [0.25, 0.3) is 10.2 Å². The molecule has 5 nitrogen and oxygen atoms in total. The molecule has 0 aliphatic rings. The molecule has 1 aromatic carbocycles. The van der Waals surface area contributed by atoms with Crippen LogP contribution >= 0.6 is 11.3 Å². The van der Waals surface area contributed by atoms with Crippen LogP contribution in [0.4, 0.5) is 0 Å². The molecule has 0 radical (unpaired) electrons. The van der Waals surface area contributed by atoms with Gasteiger partial charge >= 0.3 is 35.2 Å². The van der Waals surface area contributed by atoms with Crippen LogP contribution in [-0.4, -0.2) is 15.7 Å². The van der Waals surface area contributed by atoms with Gasteiger partial charge in [0, 0.05) is 24.9 Å². The fourth-order valence-corrected chi connectivity index (χ4v) is 3.91. The summed E-state index contributed by atoms with van der Waals surface area (Å²) in [5.74, 6) is 0.341. The average Bonchev–Trinajstić information content (AvgIpc) is 3.02. The van der Waals surface area contributed by atoms with E-state index in [-0.39, 0.29) is 47.4 Å². The summed E-state index contributed by atoms with van der Waals surface area (Å²) in [5.41, 5.74) is 0.763. The zero-order chi connectivity index (χ0) is 19.3. The minimum absolute atomic E-state index is 0. The van der Waals surface area contributed by atoms with Gasteiger partial charge in [0.15, 0.2) is 0 Å². The number of aromatic nitrogens is 2. The number of rotatable bonds is 4. The molecule has 2 aromatic heterocycles. The molecule has 27 heavy (non-hydrogen) atoms. The Morgan fingerprint density at radius 3 is 2.30 bits per heavy atom. The zero-order valence-electron chi connectivity index (χ0n) is 16.7. The molecule has 0 aliphatic heterocycles. The zero-order valence-corrected chi connectivity index (χ0v) is 19.5. The van der Waals surface area contributed by atoms with Crippen LogP contribution in [0.5, 0.6) is 0 Å². The van der Waals surface area contributed by atoms with E-state index in [1.165, 1.54) is 10.1 Å². The second-order valence-electron chi connectivity index (χ2n) is 6.53. The van der Waals surface area contributed by atoms with Gasteiger partial charge in [-0.05, 0) is 17.5 Å². The van der Waals surface area contributed by atoms with Crippen molar-refractivity contribution >= 4 is 21.6 Å². The van der Waals surface area contributed by atoms with Crippen LogP contribution < -0.4 is 45.9 Å². The topological polar surface area (TPSA) is 67.1 Å². The first kappa shape index (κ1) is 23.9. The summed E-state index contributed by atoms with van der Waals surface area (Å²) in [7, 11) is 1.55. The maximum atomic E-state index is 12.4.